The van der Waals surface area contributed by atoms with E-state index in [-0.39, 0.29) is 23.5 Å². The number of hydrogen-bond acceptors (Lipinski definition) is 6. The average molecular weight is 374 g/mol. The lowest BCUT2D eigenvalue weighted by Gasteiger charge is -2.26. The van der Waals surface area contributed by atoms with Crippen LogP contribution in [0.3, 0.4) is 0 Å². The zero-order valence-electron chi connectivity index (χ0n) is 14.8. The summed E-state index contributed by atoms with van der Waals surface area (Å²) in [5.41, 5.74) is 2.17. The third-order valence-corrected chi connectivity index (χ3v) is 6.21. The number of sulfone groups is 1. The molecule has 1 unspecified atom stereocenters. The number of rotatable bonds is 5. The minimum atomic E-state index is -2.98. The van der Waals surface area contributed by atoms with Crippen LogP contribution in [0.1, 0.15) is 29.3 Å². The van der Waals surface area contributed by atoms with Crippen LogP contribution in [0, 0.1) is 6.92 Å². The van der Waals surface area contributed by atoms with E-state index < -0.39 is 9.84 Å². The molecule has 2 heterocycles. The number of carbonyl (C=O) groups is 1. The van der Waals surface area contributed by atoms with Crippen molar-refractivity contribution in [2.75, 3.05) is 28.3 Å². The molecule has 1 atom stereocenters. The van der Waals surface area contributed by atoms with Gasteiger partial charge in [0.2, 0.25) is 5.95 Å². The highest BCUT2D eigenvalue weighted by molar-refractivity contribution is 7.91. The Hall–Kier alpha value is -2.48. The first-order valence-electron chi connectivity index (χ1n) is 8.55. The summed E-state index contributed by atoms with van der Waals surface area (Å²) in [5.74, 6) is 0.485. The molecule has 3 rings (SSSR count). The van der Waals surface area contributed by atoms with Gasteiger partial charge >= 0.3 is 0 Å². The number of aryl methyl sites for hydroxylation is 1. The van der Waals surface area contributed by atoms with E-state index in [1.165, 1.54) is 12.4 Å². The van der Waals surface area contributed by atoms with Gasteiger partial charge in [-0.2, -0.15) is 0 Å². The van der Waals surface area contributed by atoms with Gasteiger partial charge in [0.15, 0.2) is 9.84 Å². The average Bonchev–Trinajstić information content (AvgIpc) is 2.98. The molecule has 138 valence electrons. The molecular weight excluding hydrogens is 352 g/mol. The zero-order chi connectivity index (χ0) is 18.7. The number of hydrogen-bond donors (Lipinski definition) is 1. The highest BCUT2D eigenvalue weighted by atomic mass is 32.2. The molecule has 1 N–H and O–H groups in total. The fourth-order valence-electron chi connectivity index (χ4n) is 3.01. The maximum absolute atomic E-state index is 12.3. The summed E-state index contributed by atoms with van der Waals surface area (Å²) in [4.78, 5) is 22.7. The Morgan fingerprint density at radius 2 is 1.88 bits per heavy atom. The summed E-state index contributed by atoms with van der Waals surface area (Å²) in [5, 5.41) is 2.80. The Bertz CT molecular complexity index is 880. The quantitative estimate of drug-likeness (QED) is 0.861. The Kier molecular flexibility index (Phi) is 5.22. The van der Waals surface area contributed by atoms with Crippen molar-refractivity contribution in [3.63, 3.8) is 0 Å². The molecule has 1 aromatic carbocycles. The summed E-state index contributed by atoms with van der Waals surface area (Å²) in [6.07, 6.45) is 3.52. The van der Waals surface area contributed by atoms with Crippen LogP contribution in [-0.4, -0.2) is 48.4 Å². The highest BCUT2D eigenvalue weighted by Gasteiger charge is 2.32. The number of amides is 1. The van der Waals surface area contributed by atoms with Crippen LogP contribution >= 0.6 is 0 Å². The van der Waals surface area contributed by atoms with Gasteiger partial charge in [-0.3, -0.25) is 4.79 Å². The molecule has 1 aromatic heterocycles. The molecule has 1 saturated heterocycles. The summed E-state index contributed by atoms with van der Waals surface area (Å²) >= 11 is 0. The smallest absolute Gasteiger partial charge is 0.258 e. The van der Waals surface area contributed by atoms with Crippen LogP contribution in [-0.2, 0) is 9.84 Å². The molecule has 0 aliphatic carbocycles. The first-order valence-corrected chi connectivity index (χ1v) is 10.4. The van der Waals surface area contributed by atoms with Crippen molar-refractivity contribution < 1.29 is 13.2 Å². The summed E-state index contributed by atoms with van der Waals surface area (Å²) < 4.78 is 23.4. The second-order valence-electron chi connectivity index (χ2n) is 6.43. The van der Waals surface area contributed by atoms with Crippen molar-refractivity contribution in [2.24, 2.45) is 0 Å². The molecule has 0 radical (unpaired) electrons. The van der Waals surface area contributed by atoms with Gasteiger partial charge in [0.05, 0.1) is 17.1 Å². The number of nitrogens with one attached hydrogen (secondary N) is 1. The zero-order valence-corrected chi connectivity index (χ0v) is 15.7. The molecule has 0 bridgehead atoms. The maximum atomic E-state index is 12.3. The van der Waals surface area contributed by atoms with E-state index in [0.29, 0.717) is 30.2 Å². The standard InChI is InChI=1S/C18H22N4O3S/c1-3-22(16-8-9-26(24,25)12-16)18-19-10-14(11-20-18)17(23)21-15-6-4-13(2)5-7-15/h4-7,10-11,16H,3,8-9,12H2,1-2H3,(H,21,23). The molecule has 2 aromatic rings. The minimum absolute atomic E-state index is 0.114. The molecule has 8 heteroatoms. The van der Waals surface area contributed by atoms with Crippen LogP contribution in [0.2, 0.25) is 0 Å². The van der Waals surface area contributed by atoms with Gasteiger partial charge < -0.3 is 10.2 Å². The van der Waals surface area contributed by atoms with Gasteiger partial charge in [-0.1, -0.05) is 17.7 Å². The molecule has 7 nitrogen and oxygen atoms in total. The minimum Gasteiger partial charge on any atom is -0.337 e. The normalized spacial score (nSPS) is 18.5. The van der Waals surface area contributed by atoms with Crippen molar-refractivity contribution in [3.05, 3.63) is 47.8 Å². The molecule has 0 spiro atoms. The second kappa shape index (κ2) is 7.41. The molecule has 1 aliphatic rings. The topological polar surface area (TPSA) is 92.3 Å². The van der Waals surface area contributed by atoms with Crippen molar-refractivity contribution in [3.8, 4) is 0 Å². The lowest BCUT2D eigenvalue weighted by molar-refractivity contribution is 0.102. The van der Waals surface area contributed by atoms with Crippen molar-refractivity contribution in [1.82, 2.24) is 9.97 Å². The molecule has 1 aliphatic heterocycles. The predicted octanol–water partition coefficient (Wildman–Crippen LogP) is 2.05. The Labute approximate surface area is 153 Å². The van der Waals surface area contributed by atoms with E-state index in [4.69, 9.17) is 0 Å². The van der Waals surface area contributed by atoms with Gasteiger partial charge in [0, 0.05) is 30.7 Å². The first kappa shape index (κ1) is 18.3. The van der Waals surface area contributed by atoms with E-state index in [9.17, 15) is 13.2 Å². The summed E-state index contributed by atoms with van der Waals surface area (Å²) in [6, 6.07) is 7.40. The molecular formula is C18H22N4O3S. The Morgan fingerprint density at radius 1 is 1.23 bits per heavy atom. The fraction of sp³-hybridized carbons (Fsp3) is 0.389. The SMILES string of the molecule is CCN(c1ncc(C(=O)Nc2ccc(C)cc2)cn1)C1CCS(=O)(=O)C1. The second-order valence-corrected chi connectivity index (χ2v) is 8.66. The highest BCUT2D eigenvalue weighted by Crippen LogP contribution is 2.21. The number of carbonyl (C=O) groups excluding carboxylic acids is 1. The largest absolute Gasteiger partial charge is 0.337 e. The first-order chi connectivity index (χ1) is 12.4. The van der Waals surface area contributed by atoms with Crippen LogP contribution in [0.25, 0.3) is 0 Å². The number of benzene rings is 1. The molecule has 1 fully saturated rings. The van der Waals surface area contributed by atoms with E-state index in [1.54, 1.807) is 0 Å². The Balaban J connectivity index is 1.70. The van der Waals surface area contributed by atoms with Crippen LogP contribution in [0.15, 0.2) is 36.7 Å². The summed E-state index contributed by atoms with van der Waals surface area (Å²) in [7, 11) is -2.98. The third-order valence-electron chi connectivity index (χ3n) is 4.46. The van der Waals surface area contributed by atoms with Crippen molar-refractivity contribution in [2.45, 2.75) is 26.3 Å². The Morgan fingerprint density at radius 3 is 2.42 bits per heavy atom. The molecule has 26 heavy (non-hydrogen) atoms. The number of nitrogens with zero attached hydrogens (tertiary/aromatic N) is 3. The van der Waals surface area contributed by atoms with Gasteiger partial charge in [-0.05, 0) is 32.4 Å². The predicted molar refractivity (Wildman–Crippen MR) is 101 cm³/mol. The maximum Gasteiger partial charge on any atom is 0.258 e. The van der Waals surface area contributed by atoms with Gasteiger partial charge in [-0.15, -0.1) is 0 Å². The van der Waals surface area contributed by atoms with Crippen LogP contribution < -0.4 is 10.2 Å². The van der Waals surface area contributed by atoms with Gasteiger partial charge in [-0.25, -0.2) is 18.4 Å². The van der Waals surface area contributed by atoms with Crippen molar-refractivity contribution in [1.29, 1.82) is 0 Å². The lowest BCUT2D eigenvalue weighted by Crippen LogP contribution is -2.37. The van der Waals surface area contributed by atoms with Gasteiger partial charge in [0.25, 0.3) is 5.91 Å². The van der Waals surface area contributed by atoms with Crippen LogP contribution in [0.5, 0.6) is 0 Å². The summed E-state index contributed by atoms with van der Waals surface area (Å²) in [6.45, 7) is 4.52. The fourth-order valence-corrected chi connectivity index (χ4v) is 4.74. The lowest BCUT2D eigenvalue weighted by atomic mass is 10.2. The number of anilines is 2. The molecule has 0 saturated carbocycles. The van der Waals surface area contributed by atoms with E-state index >= 15 is 0 Å². The van der Waals surface area contributed by atoms with Crippen molar-refractivity contribution >= 4 is 27.4 Å². The van der Waals surface area contributed by atoms with E-state index in [2.05, 4.69) is 15.3 Å². The number of aromatic nitrogens is 2. The van der Waals surface area contributed by atoms with E-state index in [1.807, 2.05) is 43.0 Å². The van der Waals surface area contributed by atoms with E-state index in [0.717, 1.165) is 5.56 Å². The molecule has 1 amide bonds. The van der Waals surface area contributed by atoms with Crippen LogP contribution in [0.4, 0.5) is 11.6 Å². The van der Waals surface area contributed by atoms with Gasteiger partial charge in [0.1, 0.15) is 0 Å². The third kappa shape index (κ3) is 4.19. The monoisotopic (exact) mass is 374 g/mol.